The Hall–Kier alpha value is -3.87. The summed E-state index contributed by atoms with van der Waals surface area (Å²) in [4.78, 5) is 21.6. The van der Waals surface area contributed by atoms with Crippen molar-refractivity contribution in [3.8, 4) is 17.4 Å². The molecule has 4 aromatic rings. The lowest BCUT2D eigenvalue weighted by molar-refractivity contribution is 0.102. The average molecular weight is 388 g/mol. The summed E-state index contributed by atoms with van der Waals surface area (Å²) in [5, 5.41) is 2.87. The lowest BCUT2D eigenvalue weighted by atomic mass is 10.3. The number of aromatic nitrogens is 3. The SMILES string of the molecule is COc1ccccc1Oc1ccc(NC(=O)c2c(C)nc3c(C)cccn23)cn1. The molecule has 0 radical (unpaired) electrons. The van der Waals surface area contributed by atoms with Gasteiger partial charge in [0.2, 0.25) is 5.88 Å². The van der Waals surface area contributed by atoms with Crippen molar-refractivity contribution in [1.82, 2.24) is 14.4 Å². The highest BCUT2D eigenvalue weighted by Gasteiger charge is 2.17. The molecule has 0 aliphatic rings. The summed E-state index contributed by atoms with van der Waals surface area (Å²) in [6.07, 6.45) is 3.38. The number of fused-ring (bicyclic) bond motifs is 1. The van der Waals surface area contributed by atoms with Crippen molar-refractivity contribution < 1.29 is 14.3 Å². The molecule has 0 saturated carbocycles. The van der Waals surface area contributed by atoms with Gasteiger partial charge in [0.15, 0.2) is 11.5 Å². The molecule has 0 saturated heterocycles. The molecule has 0 unspecified atom stereocenters. The van der Waals surface area contributed by atoms with Crippen LogP contribution in [0.1, 0.15) is 21.7 Å². The van der Waals surface area contributed by atoms with E-state index in [1.807, 2.05) is 50.4 Å². The molecule has 3 heterocycles. The van der Waals surface area contributed by atoms with Crippen molar-refractivity contribution in [2.45, 2.75) is 13.8 Å². The number of anilines is 1. The van der Waals surface area contributed by atoms with Gasteiger partial charge in [-0.15, -0.1) is 0 Å². The van der Waals surface area contributed by atoms with Crippen molar-refractivity contribution >= 4 is 17.2 Å². The number of hydrogen-bond donors (Lipinski definition) is 1. The second-order valence-electron chi connectivity index (χ2n) is 6.52. The third kappa shape index (κ3) is 3.62. The summed E-state index contributed by atoms with van der Waals surface area (Å²) in [6.45, 7) is 3.79. The molecular formula is C22H20N4O3. The number of ether oxygens (including phenoxy) is 2. The molecule has 1 amide bonds. The van der Waals surface area contributed by atoms with Crippen LogP contribution in [0.15, 0.2) is 60.9 Å². The van der Waals surface area contributed by atoms with Crippen LogP contribution in [0.4, 0.5) is 5.69 Å². The summed E-state index contributed by atoms with van der Waals surface area (Å²) in [5.41, 5.74) is 3.51. The van der Waals surface area contributed by atoms with Crippen molar-refractivity contribution in [1.29, 1.82) is 0 Å². The molecule has 3 aromatic heterocycles. The molecule has 0 aliphatic carbocycles. The molecule has 0 spiro atoms. The van der Waals surface area contributed by atoms with E-state index in [2.05, 4.69) is 15.3 Å². The molecule has 0 bridgehead atoms. The van der Waals surface area contributed by atoms with Gasteiger partial charge < -0.3 is 14.8 Å². The monoisotopic (exact) mass is 388 g/mol. The number of pyridine rings is 2. The first-order valence-corrected chi connectivity index (χ1v) is 9.09. The fourth-order valence-corrected chi connectivity index (χ4v) is 3.11. The third-order valence-corrected chi connectivity index (χ3v) is 4.51. The minimum atomic E-state index is -0.249. The van der Waals surface area contributed by atoms with Gasteiger partial charge in [-0.3, -0.25) is 9.20 Å². The molecule has 4 rings (SSSR count). The van der Waals surface area contributed by atoms with Crippen molar-refractivity contribution in [3.63, 3.8) is 0 Å². The fourth-order valence-electron chi connectivity index (χ4n) is 3.11. The molecular weight excluding hydrogens is 368 g/mol. The number of aryl methyl sites for hydroxylation is 2. The van der Waals surface area contributed by atoms with E-state index < -0.39 is 0 Å². The first kappa shape index (κ1) is 18.5. The number of benzene rings is 1. The van der Waals surface area contributed by atoms with E-state index in [1.165, 1.54) is 0 Å². The summed E-state index contributed by atoms with van der Waals surface area (Å²) in [7, 11) is 1.58. The second kappa shape index (κ2) is 7.63. The standard InChI is InChI=1S/C22H20N4O3/c1-14-7-6-12-26-20(15(2)24-21(14)26)22(27)25-16-10-11-19(23-13-16)29-18-9-5-4-8-17(18)28-3/h4-13H,1-3H3,(H,25,27). The predicted molar refractivity (Wildman–Crippen MR) is 110 cm³/mol. The van der Waals surface area contributed by atoms with Gasteiger partial charge in [-0.1, -0.05) is 18.2 Å². The summed E-state index contributed by atoms with van der Waals surface area (Å²) >= 11 is 0. The number of hydrogen-bond acceptors (Lipinski definition) is 5. The largest absolute Gasteiger partial charge is 0.493 e. The topological polar surface area (TPSA) is 77.8 Å². The number of methoxy groups -OCH3 is 1. The van der Waals surface area contributed by atoms with Crippen molar-refractivity contribution in [2.24, 2.45) is 0 Å². The number of imidazole rings is 1. The zero-order chi connectivity index (χ0) is 20.4. The van der Waals surface area contributed by atoms with Crippen molar-refractivity contribution in [2.75, 3.05) is 12.4 Å². The number of carbonyl (C=O) groups is 1. The number of para-hydroxylation sites is 2. The maximum absolute atomic E-state index is 12.8. The van der Waals surface area contributed by atoms with Gasteiger partial charge in [0.25, 0.3) is 5.91 Å². The van der Waals surface area contributed by atoms with Crippen LogP contribution in [-0.4, -0.2) is 27.4 Å². The number of amides is 1. The number of nitrogens with zero attached hydrogens (tertiary/aromatic N) is 3. The molecule has 0 atom stereocenters. The highest BCUT2D eigenvalue weighted by atomic mass is 16.5. The Kier molecular flexibility index (Phi) is 4.87. The van der Waals surface area contributed by atoms with Crippen LogP contribution in [-0.2, 0) is 0 Å². The Morgan fingerprint density at radius 1 is 1.03 bits per heavy atom. The van der Waals surface area contributed by atoms with Gasteiger partial charge in [0.1, 0.15) is 11.3 Å². The molecule has 146 valence electrons. The van der Waals surface area contributed by atoms with Gasteiger partial charge in [-0.25, -0.2) is 9.97 Å². The van der Waals surface area contributed by atoms with Crippen LogP contribution in [0.2, 0.25) is 0 Å². The minimum absolute atomic E-state index is 0.249. The highest BCUT2D eigenvalue weighted by Crippen LogP contribution is 2.30. The summed E-state index contributed by atoms with van der Waals surface area (Å²) < 4.78 is 12.8. The van der Waals surface area contributed by atoms with E-state index in [0.29, 0.717) is 34.5 Å². The van der Waals surface area contributed by atoms with Crippen LogP contribution in [0, 0.1) is 13.8 Å². The summed E-state index contributed by atoms with van der Waals surface area (Å²) in [5.74, 6) is 1.33. The van der Waals surface area contributed by atoms with Crippen molar-refractivity contribution in [3.05, 3.63) is 77.9 Å². The molecule has 7 nitrogen and oxygen atoms in total. The van der Waals surface area contributed by atoms with Crippen LogP contribution in [0.25, 0.3) is 5.65 Å². The second-order valence-corrected chi connectivity index (χ2v) is 6.52. The minimum Gasteiger partial charge on any atom is -0.493 e. The maximum atomic E-state index is 12.8. The third-order valence-electron chi connectivity index (χ3n) is 4.51. The van der Waals surface area contributed by atoms with E-state index in [-0.39, 0.29) is 5.91 Å². The van der Waals surface area contributed by atoms with Crippen LogP contribution in [0.3, 0.4) is 0 Å². The first-order chi connectivity index (χ1) is 14.1. The Morgan fingerprint density at radius 3 is 2.55 bits per heavy atom. The van der Waals surface area contributed by atoms with Gasteiger partial charge in [0.05, 0.1) is 24.7 Å². The highest BCUT2D eigenvalue weighted by molar-refractivity contribution is 6.04. The van der Waals surface area contributed by atoms with Gasteiger partial charge >= 0.3 is 0 Å². The molecule has 1 aromatic carbocycles. The van der Waals surface area contributed by atoms with E-state index in [9.17, 15) is 4.79 Å². The average Bonchev–Trinajstić information content (AvgIpc) is 3.07. The fraction of sp³-hybridized carbons (Fsp3) is 0.136. The van der Waals surface area contributed by atoms with Gasteiger partial charge in [-0.05, 0) is 43.7 Å². The first-order valence-electron chi connectivity index (χ1n) is 9.09. The van der Waals surface area contributed by atoms with E-state index in [1.54, 1.807) is 35.9 Å². The van der Waals surface area contributed by atoms with E-state index in [0.717, 1.165) is 11.2 Å². The Balaban J connectivity index is 1.53. The van der Waals surface area contributed by atoms with Gasteiger partial charge in [-0.2, -0.15) is 0 Å². The quantitative estimate of drug-likeness (QED) is 0.548. The molecule has 7 heteroatoms. The lowest BCUT2D eigenvalue weighted by Crippen LogP contribution is -2.15. The lowest BCUT2D eigenvalue weighted by Gasteiger charge is -2.10. The number of rotatable bonds is 5. The number of carbonyl (C=O) groups excluding carboxylic acids is 1. The smallest absolute Gasteiger partial charge is 0.274 e. The molecule has 0 aliphatic heterocycles. The zero-order valence-electron chi connectivity index (χ0n) is 16.3. The molecule has 29 heavy (non-hydrogen) atoms. The van der Waals surface area contributed by atoms with Gasteiger partial charge in [0, 0.05) is 12.3 Å². The molecule has 1 N–H and O–H groups in total. The zero-order valence-corrected chi connectivity index (χ0v) is 16.3. The summed E-state index contributed by atoms with van der Waals surface area (Å²) in [6, 6.07) is 14.6. The Morgan fingerprint density at radius 2 is 1.83 bits per heavy atom. The molecule has 0 fully saturated rings. The Labute approximate surface area is 168 Å². The number of nitrogens with one attached hydrogen (secondary N) is 1. The maximum Gasteiger partial charge on any atom is 0.274 e. The Bertz CT molecular complexity index is 1180. The van der Waals surface area contributed by atoms with E-state index >= 15 is 0 Å². The normalized spacial score (nSPS) is 10.7. The van der Waals surface area contributed by atoms with Crippen LogP contribution in [0.5, 0.6) is 17.4 Å². The predicted octanol–water partition coefficient (Wildman–Crippen LogP) is 4.40. The van der Waals surface area contributed by atoms with Crippen LogP contribution >= 0.6 is 0 Å². The van der Waals surface area contributed by atoms with E-state index in [4.69, 9.17) is 9.47 Å². The van der Waals surface area contributed by atoms with Crippen LogP contribution < -0.4 is 14.8 Å².